The molecule has 0 saturated heterocycles. The molecule has 5 rings (SSSR count). The van der Waals surface area contributed by atoms with E-state index in [1.165, 1.54) is 11.9 Å². The molecule has 5 heterocycles. The molecule has 25 heavy (non-hydrogen) atoms. The van der Waals surface area contributed by atoms with Crippen molar-refractivity contribution in [2.75, 3.05) is 0 Å². The van der Waals surface area contributed by atoms with Gasteiger partial charge in [-0.2, -0.15) is 5.10 Å². The average Bonchev–Trinajstić information content (AvgIpc) is 3.28. The lowest BCUT2D eigenvalue weighted by Gasteiger charge is -2.26. The summed E-state index contributed by atoms with van der Waals surface area (Å²) in [6.45, 7) is 0.768. The zero-order valence-corrected chi connectivity index (χ0v) is 15.3. The van der Waals surface area contributed by atoms with Crippen LogP contribution in [0.5, 0.6) is 0 Å². The van der Waals surface area contributed by atoms with Crippen molar-refractivity contribution >= 4 is 50.9 Å². The molecule has 0 fully saturated rings. The highest BCUT2D eigenvalue weighted by atomic mass is 127. The van der Waals surface area contributed by atoms with E-state index < -0.39 is 0 Å². The average molecular weight is 447 g/mol. The molecule has 2 N–H and O–H groups in total. The minimum absolute atomic E-state index is 0.267. The first-order valence-corrected chi connectivity index (χ1v) is 9.06. The van der Waals surface area contributed by atoms with E-state index in [0.29, 0.717) is 5.69 Å². The molecule has 1 aliphatic heterocycles. The van der Waals surface area contributed by atoms with Crippen LogP contribution < -0.4 is 0 Å². The van der Waals surface area contributed by atoms with E-state index in [1.54, 1.807) is 0 Å². The zero-order valence-electron chi connectivity index (χ0n) is 13.1. The summed E-state index contributed by atoms with van der Waals surface area (Å²) in [4.78, 5) is 12.3. The number of imidazole rings is 1. The molecule has 0 aliphatic carbocycles. The van der Waals surface area contributed by atoms with Crippen LogP contribution in [-0.2, 0) is 13.0 Å². The minimum atomic E-state index is 0.267. The molecule has 1 aliphatic rings. The maximum absolute atomic E-state index is 8.72. The molecule has 0 radical (unpaired) electrons. The van der Waals surface area contributed by atoms with Gasteiger partial charge in [-0.05, 0) is 47.6 Å². The molecule has 0 aromatic carbocycles. The van der Waals surface area contributed by atoms with Gasteiger partial charge in [0.25, 0.3) is 0 Å². The van der Waals surface area contributed by atoms with Crippen LogP contribution in [0.2, 0.25) is 0 Å². The van der Waals surface area contributed by atoms with Crippen molar-refractivity contribution in [3.8, 4) is 0 Å². The Labute approximate surface area is 155 Å². The molecule has 0 amide bonds. The lowest BCUT2D eigenvalue weighted by Crippen LogP contribution is -2.24. The van der Waals surface area contributed by atoms with Crippen molar-refractivity contribution in [2.24, 2.45) is 5.16 Å². The van der Waals surface area contributed by atoms with Crippen LogP contribution in [0.4, 0.5) is 0 Å². The Balaban J connectivity index is 1.63. The van der Waals surface area contributed by atoms with Crippen molar-refractivity contribution in [2.45, 2.75) is 25.4 Å². The maximum atomic E-state index is 8.72. The number of hydrogen-bond donors (Lipinski definition) is 2. The fraction of sp³-hybridized carbons (Fsp3) is 0.250. The summed E-state index contributed by atoms with van der Waals surface area (Å²) in [5.41, 5.74) is 4.76. The molecule has 9 heteroatoms. The number of nitrogens with zero attached hydrogens (tertiary/aromatic N) is 6. The molecule has 8 nitrogen and oxygen atoms in total. The normalized spacial score (nSPS) is 17.7. The van der Waals surface area contributed by atoms with E-state index in [4.69, 9.17) is 10.2 Å². The van der Waals surface area contributed by atoms with Gasteiger partial charge in [0.15, 0.2) is 3.83 Å². The number of aromatic amines is 1. The molecule has 0 bridgehead atoms. The van der Waals surface area contributed by atoms with E-state index >= 15 is 0 Å². The van der Waals surface area contributed by atoms with Gasteiger partial charge in [0.05, 0.1) is 30.5 Å². The van der Waals surface area contributed by atoms with E-state index in [2.05, 4.69) is 53.4 Å². The number of aryl methyl sites for hydroxylation is 1. The smallest absolute Gasteiger partial charge is 0.172 e. The van der Waals surface area contributed by atoms with Crippen LogP contribution in [0.3, 0.4) is 0 Å². The second kappa shape index (κ2) is 5.55. The van der Waals surface area contributed by atoms with Crippen LogP contribution in [-0.4, -0.2) is 40.7 Å². The number of halogens is 1. The number of nitrogens with one attached hydrogen (secondary N) is 1. The van der Waals surface area contributed by atoms with Crippen LogP contribution in [0.1, 0.15) is 23.9 Å². The van der Waals surface area contributed by atoms with Gasteiger partial charge in [-0.15, -0.1) is 0 Å². The fourth-order valence-electron chi connectivity index (χ4n) is 3.67. The molecule has 0 saturated carbocycles. The first kappa shape index (κ1) is 14.9. The van der Waals surface area contributed by atoms with Gasteiger partial charge in [-0.25, -0.2) is 9.97 Å². The summed E-state index contributed by atoms with van der Waals surface area (Å²) in [6, 6.07) is 4.29. The minimum Gasteiger partial charge on any atom is -0.411 e. The summed E-state index contributed by atoms with van der Waals surface area (Å²) in [7, 11) is 0. The molecule has 4 aromatic rings. The second-order valence-electron chi connectivity index (χ2n) is 6.16. The van der Waals surface area contributed by atoms with Crippen LogP contribution in [0.25, 0.3) is 22.1 Å². The van der Waals surface area contributed by atoms with E-state index in [1.807, 2.05) is 23.1 Å². The van der Waals surface area contributed by atoms with E-state index in [-0.39, 0.29) is 6.04 Å². The largest absolute Gasteiger partial charge is 0.411 e. The lowest BCUT2D eigenvalue weighted by atomic mass is 10.0. The van der Waals surface area contributed by atoms with Crippen molar-refractivity contribution in [1.29, 1.82) is 0 Å². The topological polar surface area (TPSA) is 96.9 Å². The highest BCUT2D eigenvalue weighted by Crippen LogP contribution is 2.32. The number of H-pyrrole nitrogens is 1. The van der Waals surface area contributed by atoms with Crippen molar-refractivity contribution in [1.82, 2.24) is 29.3 Å². The van der Waals surface area contributed by atoms with Crippen LogP contribution in [0.15, 0.2) is 29.7 Å². The Hall–Kier alpha value is -2.43. The van der Waals surface area contributed by atoms with Gasteiger partial charge in [0.2, 0.25) is 0 Å². The summed E-state index contributed by atoms with van der Waals surface area (Å²) < 4.78 is 5.27. The highest BCUT2D eigenvalue weighted by Gasteiger charge is 2.26. The zero-order chi connectivity index (χ0) is 17.0. The van der Waals surface area contributed by atoms with Gasteiger partial charge in [-0.1, -0.05) is 5.16 Å². The maximum Gasteiger partial charge on any atom is 0.172 e. The van der Waals surface area contributed by atoms with Crippen molar-refractivity contribution in [3.05, 3.63) is 39.7 Å². The number of fused-ring (bicyclic) bond motifs is 4. The van der Waals surface area contributed by atoms with Crippen molar-refractivity contribution < 1.29 is 5.21 Å². The number of oxime groups is 1. The Kier molecular flexibility index (Phi) is 3.30. The quantitative estimate of drug-likeness (QED) is 0.214. The lowest BCUT2D eigenvalue weighted by molar-refractivity contribution is 0.321. The Morgan fingerprint density at radius 2 is 2.36 bits per heavy atom. The first-order valence-electron chi connectivity index (χ1n) is 7.98. The van der Waals surface area contributed by atoms with Gasteiger partial charge >= 0.3 is 0 Å². The first-order chi connectivity index (χ1) is 12.2. The summed E-state index contributed by atoms with van der Waals surface area (Å²) in [5, 5.41) is 17.4. The SMILES string of the molecule is O/N=C/c1cc2n(n1)CC(n1c(I)nc3cnc4[nH]ccc4c31)CC2. The molecule has 4 aromatic heterocycles. The summed E-state index contributed by atoms with van der Waals surface area (Å²) in [6.07, 6.45) is 7.04. The molecule has 1 unspecified atom stereocenters. The Morgan fingerprint density at radius 1 is 1.44 bits per heavy atom. The Bertz CT molecular complexity index is 1120. The number of hydrogen-bond acceptors (Lipinski definition) is 5. The molecule has 126 valence electrons. The molecular formula is C16H14IN7O. The molecule has 1 atom stereocenters. The third kappa shape index (κ3) is 2.25. The van der Waals surface area contributed by atoms with E-state index in [9.17, 15) is 0 Å². The third-order valence-electron chi connectivity index (χ3n) is 4.75. The Morgan fingerprint density at radius 3 is 3.24 bits per heavy atom. The second-order valence-corrected chi connectivity index (χ2v) is 7.13. The predicted octanol–water partition coefficient (Wildman–Crippen LogP) is 2.71. The number of rotatable bonds is 2. The van der Waals surface area contributed by atoms with Gasteiger partial charge in [-0.3, -0.25) is 4.68 Å². The van der Waals surface area contributed by atoms with Gasteiger partial charge in [0.1, 0.15) is 16.9 Å². The van der Waals surface area contributed by atoms with Crippen LogP contribution >= 0.6 is 22.6 Å². The standard InChI is InChI=1S/C16H14IN7O/c17-16-21-13-7-19-15-12(3-4-18-15)14(13)24(16)11-2-1-10-5-9(6-20-25)22-23(10)8-11/h3-7,11,25H,1-2,8H2,(H,18,19)/b20-6+. The fourth-order valence-corrected chi connectivity index (χ4v) is 4.57. The molecular weight excluding hydrogens is 433 g/mol. The monoisotopic (exact) mass is 447 g/mol. The summed E-state index contributed by atoms with van der Waals surface area (Å²) >= 11 is 2.29. The van der Waals surface area contributed by atoms with Crippen LogP contribution in [0, 0.1) is 3.83 Å². The highest BCUT2D eigenvalue weighted by molar-refractivity contribution is 14.1. The van der Waals surface area contributed by atoms with Gasteiger partial charge < -0.3 is 14.8 Å². The predicted molar refractivity (Wildman–Crippen MR) is 101 cm³/mol. The third-order valence-corrected chi connectivity index (χ3v) is 5.51. The number of pyridine rings is 1. The molecule has 0 spiro atoms. The summed E-state index contributed by atoms with van der Waals surface area (Å²) in [5.74, 6) is 0. The van der Waals surface area contributed by atoms with Crippen molar-refractivity contribution in [3.63, 3.8) is 0 Å². The van der Waals surface area contributed by atoms with Gasteiger partial charge in [0, 0.05) is 17.3 Å². The number of aromatic nitrogens is 6. The van der Waals surface area contributed by atoms with E-state index in [0.717, 1.165) is 45.3 Å².